The standard InChI is InChI=1S/C16H22N2O4/c1-10-7-18(8-11(2)22-10)12(3)16(19)17-13-4-5-14-15(6-13)21-9-20-14/h4-6,10-12H,7-9H2,1-3H3,(H,17,19). The Kier molecular flexibility index (Phi) is 4.22. The lowest BCUT2D eigenvalue weighted by molar-refractivity contribution is -0.126. The molecular weight excluding hydrogens is 284 g/mol. The smallest absolute Gasteiger partial charge is 0.241 e. The summed E-state index contributed by atoms with van der Waals surface area (Å²) in [5.41, 5.74) is 0.718. The summed E-state index contributed by atoms with van der Waals surface area (Å²) in [7, 11) is 0. The highest BCUT2D eigenvalue weighted by Gasteiger charge is 2.29. The van der Waals surface area contributed by atoms with Gasteiger partial charge in [0.1, 0.15) is 0 Å². The third-order valence-electron chi connectivity index (χ3n) is 4.02. The van der Waals surface area contributed by atoms with Crippen LogP contribution >= 0.6 is 0 Å². The van der Waals surface area contributed by atoms with Crippen LogP contribution in [0.4, 0.5) is 5.69 Å². The molecule has 2 aliphatic rings. The van der Waals surface area contributed by atoms with Gasteiger partial charge in [-0.1, -0.05) is 0 Å². The molecule has 120 valence electrons. The maximum absolute atomic E-state index is 12.5. The van der Waals surface area contributed by atoms with Gasteiger partial charge in [0.05, 0.1) is 18.2 Å². The molecule has 1 amide bonds. The molecule has 0 spiro atoms. The molecule has 6 heteroatoms. The largest absolute Gasteiger partial charge is 0.454 e. The minimum atomic E-state index is -0.209. The van der Waals surface area contributed by atoms with Gasteiger partial charge in [-0.15, -0.1) is 0 Å². The zero-order valence-electron chi connectivity index (χ0n) is 13.2. The number of carbonyl (C=O) groups is 1. The minimum absolute atomic E-state index is 0.0276. The number of nitrogens with one attached hydrogen (secondary N) is 1. The molecule has 1 fully saturated rings. The van der Waals surface area contributed by atoms with Gasteiger partial charge < -0.3 is 19.5 Å². The lowest BCUT2D eigenvalue weighted by atomic mass is 10.1. The summed E-state index contributed by atoms with van der Waals surface area (Å²) in [6, 6.07) is 5.21. The van der Waals surface area contributed by atoms with Crippen molar-refractivity contribution in [3.63, 3.8) is 0 Å². The number of rotatable bonds is 3. The average molecular weight is 306 g/mol. The predicted molar refractivity (Wildman–Crippen MR) is 82.2 cm³/mol. The van der Waals surface area contributed by atoms with Gasteiger partial charge in [-0.25, -0.2) is 0 Å². The van der Waals surface area contributed by atoms with Crippen LogP contribution in [0.1, 0.15) is 20.8 Å². The van der Waals surface area contributed by atoms with E-state index in [0.717, 1.165) is 18.8 Å². The van der Waals surface area contributed by atoms with E-state index in [0.29, 0.717) is 11.5 Å². The zero-order chi connectivity index (χ0) is 15.7. The fraction of sp³-hybridized carbons (Fsp3) is 0.562. The molecular formula is C16H22N2O4. The maximum Gasteiger partial charge on any atom is 0.241 e. The zero-order valence-corrected chi connectivity index (χ0v) is 13.2. The number of hydrogen-bond donors (Lipinski definition) is 1. The molecule has 2 aliphatic heterocycles. The highest BCUT2D eigenvalue weighted by molar-refractivity contribution is 5.94. The van der Waals surface area contributed by atoms with Gasteiger partial charge in [-0.05, 0) is 32.9 Å². The second-order valence-corrected chi connectivity index (χ2v) is 5.94. The van der Waals surface area contributed by atoms with Crippen LogP contribution in [0.5, 0.6) is 11.5 Å². The van der Waals surface area contributed by atoms with Crippen LogP contribution in [-0.4, -0.2) is 48.9 Å². The first-order valence-corrected chi connectivity index (χ1v) is 7.63. The predicted octanol–water partition coefficient (Wildman–Crippen LogP) is 1.85. The molecule has 1 aromatic rings. The molecule has 2 heterocycles. The molecule has 0 radical (unpaired) electrons. The van der Waals surface area contributed by atoms with Crippen molar-refractivity contribution < 1.29 is 19.0 Å². The summed E-state index contributed by atoms with van der Waals surface area (Å²) >= 11 is 0. The van der Waals surface area contributed by atoms with E-state index in [1.807, 2.05) is 32.9 Å². The second-order valence-electron chi connectivity index (χ2n) is 5.94. The number of amides is 1. The molecule has 0 aromatic heterocycles. The van der Waals surface area contributed by atoms with Gasteiger partial charge in [0.2, 0.25) is 12.7 Å². The Morgan fingerprint density at radius 2 is 1.91 bits per heavy atom. The fourth-order valence-electron chi connectivity index (χ4n) is 2.92. The first kappa shape index (κ1) is 15.1. The molecule has 6 nitrogen and oxygen atoms in total. The summed E-state index contributed by atoms with van der Waals surface area (Å²) < 4.78 is 16.3. The van der Waals surface area contributed by atoms with E-state index in [1.54, 1.807) is 6.07 Å². The van der Waals surface area contributed by atoms with Crippen molar-refractivity contribution in [2.24, 2.45) is 0 Å². The SMILES string of the molecule is CC1CN(C(C)C(=O)Nc2ccc3c(c2)OCO3)CC(C)O1. The van der Waals surface area contributed by atoms with Gasteiger partial charge >= 0.3 is 0 Å². The average Bonchev–Trinajstić information content (AvgIpc) is 2.93. The van der Waals surface area contributed by atoms with E-state index in [1.165, 1.54) is 0 Å². The molecule has 1 saturated heterocycles. The summed E-state index contributed by atoms with van der Waals surface area (Å²) in [4.78, 5) is 14.6. The van der Waals surface area contributed by atoms with Gasteiger partial charge in [0.15, 0.2) is 11.5 Å². The first-order chi connectivity index (χ1) is 10.5. The maximum atomic E-state index is 12.5. The van der Waals surface area contributed by atoms with Gasteiger partial charge in [0.25, 0.3) is 0 Å². The molecule has 1 aromatic carbocycles. The molecule has 0 aliphatic carbocycles. The van der Waals surface area contributed by atoms with Crippen molar-refractivity contribution in [2.45, 2.75) is 39.0 Å². The fourth-order valence-corrected chi connectivity index (χ4v) is 2.92. The monoisotopic (exact) mass is 306 g/mol. The lowest BCUT2D eigenvalue weighted by Gasteiger charge is -2.38. The van der Waals surface area contributed by atoms with E-state index >= 15 is 0 Å². The number of benzene rings is 1. The van der Waals surface area contributed by atoms with Gasteiger partial charge in [-0.2, -0.15) is 0 Å². The van der Waals surface area contributed by atoms with Crippen molar-refractivity contribution in [3.05, 3.63) is 18.2 Å². The number of fused-ring (bicyclic) bond motifs is 1. The van der Waals surface area contributed by atoms with Crippen LogP contribution in [0.25, 0.3) is 0 Å². The Balaban J connectivity index is 1.63. The number of ether oxygens (including phenoxy) is 3. The van der Waals surface area contributed by atoms with Crippen LogP contribution in [-0.2, 0) is 9.53 Å². The van der Waals surface area contributed by atoms with E-state index in [4.69, 9.17) is 14.2 Å². The van der Waals surface area contributed by atoms with Crippen molar-refractivity contribution >= 4 is 11.6 Å². The highest BCUT2D eigenvalue weighted by atomic mass is 16.7. The molecule has 3 rings (SSSR count). The number of morpholine rings is 1. The summed E-state index contributed by atoms with van der Waals surface area (Å²) in [6.45, 7) is 7.75. The van der Waals surface area contributed by atoms with Crippen molar-refractivity contribution in [1.29, 1.82) is 0 Å². The molecule has 0 bridgehead atoms. The third-order valence-corrected chi connectivity index (χ3v) is 4.02. The van der Waals surface area contributed by atoms with E-state index in [9.17, 15) is 4.79 Å². The van der Waals surface area contributed by atoms with Crippen LogP contribution in [0.15, 0.2) is 18.2 Å². The van der Waals surface area contributed by atoms with E-state index < -0.39 is 0 Å². The van der Waals surface area contributed by atoms with Crippen molar-refractivity contribution in [1.82, 2.24) is 4.90 Å². The Hall–Kier alpha value is -1.79. The van der Waals surface area contributed by atoms with Gasteiger partial charge in [0, 0.05) is 24.8 Å². The number of hydrogen-bond acceptors (Lipinski definition) is 5. The van der Waals surface area contributed by atoms with Crippen LogP contribution in [0, 0.1) is 0 Å². The molecule has 1 N–H and O–H groups in total. The summed E-state index contributed by atoms with van der Waals surface area (Å²) in [5.74, 6) is 1.35. The Morgan fingerprint density at radius 3 is 2.64 bits per heavy atom. The topological polar surface area (TPSA) is 60.0 Å². The quantitative estimate of drug-likeness (QED) is 0.923. The van der Waals surface area contributed by atoms with Crippen LogP contribution in [0.2, 0.25) is 0 Å². The highest BCUT2D eigenvalue weighted by Crippen LogP contribution is 2.34. The normalized spacial score (nSPS) is 25.8. The van der Waals surface area contributed by atoms with Crippen LogP contribution in [0.3, 0.4) is 0 Å². The van der Waals surface area contributed by atoms with Crippen molar-refractivity contribution in [2.75, 3.05) is 25.2 Å². The Labute approximate surface area is 130 Å². The summed E-state index contributed by atoms with van der Waals surface area (Å²) in [5, 5.41) is 2.94. The van der Waals surface area contributed by atoms with Gasteiger partial charge in [-0.3, -0.25) is 9.69 Å². The van der Waals surface area contributed by atoms with Crippen LogP contribution < -0.4 is 14.8 Å². The van der Waals surface area contributed by atoms with E-state index in [2.05, 4.69) is 10.2 Å². The number of carbonyl (C=O) groups excluding carboxylic acids is 1. The number of anilines is 1. The van der Waals surface area contributed by atoms with Crippen molar-refractivity contribution in [3.8, 4) is 11.5 Å². The lowest BCUT2D eigenvalue weighted by Crippen LogP contribution is -2.52. The second kappa shape index (κ2) is 6.14. The third kappa shape index (κ3) is 3.18. The molecule has 0 saturated carbocycles. The Bertz CT molecular complexity index is 553. The molecule has 3 unspecified atom stereocenters. The molecule has 22 heavy (non-hydrogen) atoms. The summed E-state index contributed by atoms with van der Waals surface area (Å²) in [6.07, 6.45) is 0.286. The van der Waals surface area contributed by atoms with E-state index in [-0.39, 0.29) is 30.9 Å². The first-order valence-electron chi connectivity index (χ1n) is 7.63. The Morgan fingerprint density at radius 1 is 1.23 bits per heavy atom. The minimum Gasteiger partial charge on any atom is -0.454 e. The number of nitrogens with zero attached hydrogens (tertiary/aromatic N) is 1. The molecule has 3 atom stereocenters.